The lowest BCUT2D eigenvalue weighted by Crippen LogP contribution is -2.59. The molecular weight excluding hydrogens is 1110 g/mol. The Morgan fingerprint density at radius 3 is 1.06 bits per heavy atom. The van der Waals surface area contributed by atoms with Gasteiger partial charge in [0, 0.05) is 20.0 Å². The first-order chi connectivity index (χ1) is 32.3. The van der Waals surface area contributed by atoms with Crippen LogP contribution in [0.4, 0.5) is 0 Å². The van der Waals surface area contributed by atoms with Gasteiger partial charge in [0.15, 0.2) is 0 Å². The highest BCUT2D eigenvalue weighted by molar-refractivity contribution is 14.1. The Morgan fingerprint density at radius 1 is 0.441 bits per heavy atom. The number of nitrogens with two attached hydrogens (primary N) is 2. The van der Waals surface area contributed by atoms with Crippen molar-refractivity contribution >= 4 is 92.4 Å². The lowest BCUT2D eigenvalue weighted by Gasteiger charge is -2.22. The first-order valence-corrected chi connectivity index (χ1v) is 23.3. The maximum Gasteiger partial charge on any atom is 0.261 e. The van der Waals surface area contributed by atoms with Crippen molar-refractivity contribution in [2.24, 2.45) is 11.5 Å². The van der Waals surface area contributed by atoms with Gasteiger partial charge in [-0.05, 0) is 143 Å². The zero-order valence-electron chi connectivity index (χ0n) is 37.0. The molecule has 22 heteroatoms. The van der Waals surface area contributed by atoms with Crippen LogP contribution < -0.4 is 54.2 Å². The number of rotatable bonds is 22. The van der Waals surface area contributed by atoms with E-state index in [1.54, 1.807) is 72.8 Å². The second-order valence-electron chi connectivity index (χ2n) is 15.7. The number of phenols is 2. The van der Waals surface area contributed by atoms with Gasteiger partial charge in [0.1, 0.15) is 35.7 Å². The molecule has 0 heterocycles. The van der Waals surface area contributed by atoms with Gasteiger partial charge >= 0.3 is 0 Å². The monoisotopic (exact) mass is 1160 g/mol. The van der Waals surface area contributed by atoms with E-state index >= 15 is 0 Å². The summed E-state index contributed by atoms with van der Waals surface area (Å²) in [5.41, 5.74) is 19.3. The van der Waals surface area contributed by atoms with Gasteiger partial charge in [-0.1, -0.05) is 48.5 Å². The minimum absolute atomic E-state index is 0.0323. The van der Waals surface area contributed by atoms with E-state index in [9.17, 15) is 48.6 Å². The Hall–Kier alpha value is -6.38. The number of nitrogens with one attached hydrogen (secondary N) is 8. The van der Waals surface area contributed by atoms with E-state index in [2.05, 4.69) is 87.9 Å². The third-order valence-electron chi connectivity index (χ3n) is 10.1. The summed E-state index contributed by atoms with van der Waals surface area (Å²) in [6.45, 7) is 1.65. The first kappa shape index (κ1) is 54.2. The number of hydrogen-bond donors (Lipinski definition) is 12. The highest BCUT2D eigenvalue weighted by Crippen LogP contribution is 2.14. The summed E-state index contributed by atoms with van der Waals surface area (Å²) in [5, 5.41) is 33.9. The number of carbonyl (C=O) groups excluding carboxylic acids is 8. The molecule has 14 N–H and O–H groups in total. The fourth-order valence-electron chi connectivity index (χ4n) is 6.29. The van der Waals surface area contributed by atoms with Gasteiger partial charge in [-0.15, -0.1) is 0 Å². The Labute approximate surface area is 419 Å². The maximum atomic E-state index is 13.7. The molecule has 0 unspecified atom stereocenters. The quantitative estimate of drug-likeness (QED) is 0.0353. The van der Waals surface area contributed by atoms with Gasteiger partial charge in [-0.25, -0.2) is 0 Å². The van der Waals surface area contributed by atoms with Crippen LogP contribution in [0.2, 0.25) is 0 Å². The zero-order chi connectivity index (χ0) is 49.9. The van der Waals surface area contributed by atoms with Crippen LogP contribution in [0.1, 0.15) is 36.1 Å². The molecule has 0 spiro atoms. The number of hydrazine groups is 1. The molecule has 4 aromatic rings. The van der Waals surface area contributed by atoms with Crippen LogP contribution in [0.15, 0.2) is 97.1 Å². The molecule has 4 aromatic carbocycles. The fourth-order valence-corrected chi connectivity index (χ4v) is 7.01. The van der Waals surface area contributed by atoms with Gasteiger partial charge in [-0.3, -0.25) is 49.2 Å². The number of halogens is 2. The average molecular weight is 1160 g/mol. The van der Waals surface area contributed by atoms with Crippen molar-refractivity contribution in [2.75, 3.05) is 13.1 Å². The minimum atomic E-state index is -1.28. The van der Waals surface area contributed by atoms with Gasteiger partial charge < -0.3 is 53.6 Å². The second kappa shape index (κ2) is 26.8. The fraction of sp³-hybridized carbons (Fsp3) is 0.304. The Balaban J connectivity index is 1.33. The zero-order valence-corrected chi connectivity index (χ0v) is 41.3. The average Bonchev–Trinajstić information content (AvgIpc) is 3.31. The van der Waals surface area contributed by atoms with E-state index in [0.717, 1.165) is 7.14 Å². The highest BCUT2D eigenvalue weighted by atomic mass is 127. The molecule has 8 amide bonds. The number of benzene rings is 4. The third kappa shape index (κ3) is 18.7. The van der Waals surface area contributed by atoms with Crippen LogP contribution in [0, 0.1) is 7.14 Å². The number of carbonyl (C=O) groups is 8. The Morgan fingerprint density at radius 2 is 0.735 bits per heavy atom. The van der Waals surface area contributed by atoms with Crippen molar-refractivity contribution in [1.82, 2.24) is 42.8 Å². The predicted molar refractivity (Wildman–Crippen MR) is 267 cm³/mol. The number of amides is 8. The lowest BCUT2D eigenvalue weighted by molar-refractivity contribution is -0.134. The molecule has 0 fully saturated rings. The smallest absolute Gasteiger partial charge is 0.261 e. The molecular formula is C46H54I2N10O10. The van der Waals surface area contributed by atoms with Gasteiger partial charge in [0.05, 0.1) is 25.2 Å². The summed E-state index contributed by atoms with van der Waals surface area (Å²) in [7, 11) is 0. The van der Waals surface area contributed by atoms with Crippen LogP contribution >= 0.6 is 45.2 Å². The summed E-state index contributed by atoms with van der Waals surface area (Å²) < 4.78 is 1.83. The molecule has 68 heavy (non-hydrogen) atoms. The first-order valence-electron chi connectivity index (χ1n) is 21.2. The molecule has 0 aliphatic carbocycles. The molecule has 0 aliphatic rings. The van der Waals surface area contributed by atoms with Crippen molar-refractivity contribution in [2.45, 2.75) is 75.8 Å². The van der Waals surface area contributed by atoms with Crippen LogP contribution in [-0.2, 0) is 64.0 Å². The van der Waals surface area contributed by atoms with Crippen molar-refractivity contribution in [1.29, 1.82) is 0 Å². The van der Waals surface area contributed by atoms with E-state index in [1.807, 2.05) is 0 Å². The van der Waals surface area contributed by atoms with Crippen LogP contribution in [0.5, 0.6) is 11.5 Å². The van der Waals surface area contributed by atoms with E-state index in [0.29, 0.717) is 22.3 Å². The molecule has 0 radical (unpaired) electrons. The van der Waals surface area contributed by atoms with E-state index in [1.165, 1.54) is 38.1 Å². The lowest BCUT2D eigenvalue weighted by atomic mass is 10.0. The molecule has 0 bridgehead atoms. The summed E-state index contributed by atoms with van der Waals surface area (Å²) >= 11 is 4.23. The molecule has 0 aliphatic heterocycles. The van der Waals surface area contributed by atoms with Gasteiger partial charge in [0.25, 0.3) is 11.8 Å². The van der Waals surface area contributed by atoms with Crippen molar-refractivity contribution < 1.29 is 48.6 Å². The molecule has 0 aromatic heterocycles. The molecule has 0 saturated carbocycles. The number of hydrogen-bond acceptors (Lipinski definition) is 12. The van der Waals surface area contributed by atoms with Crippen molar-refractivity contribution in [3.8, 4) is 11.5 Å². The number of phenolic OH excluding ortho intramolecular Hbond substituents is 2. The third-order valence-corrected chi connectivity index (χ3v) is 11.6. The molecule has 20 nitrogen and oxygen atoms in total. The topological polar surface area (TPSA) is 325 Å². The Bertz CT molecular complexity index is 2230. The normalized spacial score (nSPS) is 13.4. The van der Waals surface area contributed by atoms with Crippen LogP contribution in [-0.4, -0.2) is 107 Å². The van der Waals surface area contributed by atoms with E-state index < -0.39 is 96.6 Å². The largest absolute Gasteiger partial charge is 0.508 e. The van der Waals surface area contributed by atoms with Gasteiger partial charge in [-0.2, -0.15) is 0 Å². The SMILES string of the molecule is C[C@@H](NC(=O)[C@@H](N)Cc1ccc(O)cc1)C(=O)NCC(=O)N[C@@H](Cc1ccc(I)cc1)C(=O)NNC(=O)[C@H](Cc1ccc(I)cc1)NC(=O)CNC(=O)[C@@H](C)NC(=O)[C@@H](N)Cc1ccc(O)cc1. The van der Waals surface area contributed by atoms with Crippen LogP contribution in [0.3, 0.4) is 0 Å². The minimum Gasteiger partial charge on any atom is -0.508 e. The second-order valence-corrected chi connectivity index (χ2v) is 18.2. The molecule has 362 valence electrons. The Kier molecular flexibility index (Phi) is 21.4. The van der Waals surface area contributed by atoms with Crippen molar-refractivity contribution in [3.63, 3.8) is 0 Å². The summed E-state index contributed by atoms with van der Waals surface area (Å²) in [6, 6.07) is 19.7. The van der Waals surface area contributed by atoms with E-state index in [4.69, 9.17) is 11.5 Å². The molecule has 4 rings (SSSR count). The molecule has 0 saturated heterocycles. The number of aromatic hydroxyl groups is 2. The van der Waals surface area contributed by atoms with Gasteiger partial charge in [0.2, 0.25) is 35.4 Å². The summed E-state index contributed by atoms with van der Waals surface area (Å²) in [6.07, 6.45) is 0.213. The summed E-state index contributed by atoms with van der Waals surface area (Å²) in [5.74, 6) is -5.76. The van der Waals surface area contributed by atoms with Crippen LogP contribution in [0.25, 0.3) is 0 Å². The summed E-state index contributed by atoms with van der Waals surface area (Å²) in [4.78, 5) is 105. The predicted octanol–water partition coefficient (Wildman–Crippen LogP) is -0.409. The standard InChI is InChI=1S/C46H54I2N10O10/c1-25(53-43(65)35(49)19-27-7-15-33(59)16-8-27)41(63)51-23-39(61)55-37(21-29-3-11-31(47)12-4-29)45(67)57-58-46(68)38(22-30-5-13-32(48)14-6-30)56-40(62)24-52-42(64)26(2)54-44(66)36(50)20-28-9-17-34(60)18-10-28/h3-18,25-26,35-38,59-60H,19-24,49-50H2,1-2H3,(H,51,63)(H,52,64)(H,53,65)(H,54,66)(H,55,61)(H,56,62)(H,57,67)(H,58,68)/t25-,26-,35+,36+,37+,38+/m1/s1. The van der Waals surface area contributed by atoms with E-state index in [-0.39, 0.29) is 37.2 Å². The van der Waals surface area contributed by atoms with Crippen molar-refractivity contribution in [3.05, 3.63) is 126 Å². The maximum absolute atomic E-state index is 13.7. The highest BCUT2D eigenvalue weighted by Gasteiger charge is 2.27. The molecule has 6 atom stereocenters.